The summed E-state index contributed by atoms with van der Waals surface area (Å²) in [5, 5.41) is 17.4. The predicted molar refractivity (Wildman–Crippen MR) is 85.1 cm³/mol. The lowest BCUT2D eigenvalue weighted by atomic mass is 10.0. The lowest BCUT2D eigenvalue weighted by Crippen LogP contribution is -2.35. The number of benzene rings is 1. The Kier molecular flexibility index (Phi) is 7.01. The number of carbonyl (C=O) groups excluding carboxylic acids is 2. The van der Waals surface area contributed by atoms with Crippen molar-refractivity contribution in [3.05, 3.63) is 33.8 Å². The summed E-state index contributed by atoms with van der Waals surface area (Å²) in [5.74, 6) is -1.29. The molecule has 22 heavy (non-hydrogen) atoms. The Labute approximate surface area is 137 Å². The number of rotatable bonds is 7. The molecule has 0 fully saturated rings. The number of carbonyl (C=O) groups is 2. The minimum absolute atomic E-state index is 0.137. The van der Waals surface area contributed by atoms with Gasteiger partial charge in [0.15, 0.2) is 0 Å². The van der Waals surface area contributed by atoms with Crippen LogP contribution in [0.25, 0.3) is 0 Å². The summed E-state index contributed by atoms with van der Waals surface area (Å²) < 4.78 is 4.87. The van der Waals surface area contributed by atoms with Gasteiger partial charge in [-0.2, -0.15) is 0 Å². The predicted octanol–water partition coefficient (Wildman–Crippen LogP) is 2.77. The van der Waals surface area contributed by atoms with Crippen molar-refractivity contribution in [1.29, 1.82) is 10.8 Å². The molecule has 0 aromatic heterocycles. The SMILES string of the molecule is CCOC(=O)C[C@H](NC(=O)C(=N)C=N)c1cc(Cl)cc(Cl)c1. The fourth-order valence-corrected chi connectivity index (χ4v) is 2.26. The van der Waals surface area contributed by atoms with E-state index in [1.165, 1.54) is 6.07 Å². The molecule has 0 saturated carbocycles. The van der Waals surface area contributed by atoms with Crippen LogP contribution in [0, 0.1) is 10.8 Å². The van der Waals surface area contributed by atoms with E-state index in [-0.39, 0.29) is 13.0 Å². The summed E-state index contributed by atoms with van der Waals surface area (Å²) >= 11 is 11.9. The van der Waals surface area contributed by atoms with Gasteiger partial charge in [0, 0.05) is 16.3 Å². The van der Waals surface area contributed by atoms with E-state index >= 15 is 0 Å². The van der Waals surface area contributed by atoms with Crippen LogP contribution in [0.2, 0.25) is 10.0 Å². The lowest BCUT2D eigenvalue weighted by molar-refractivity contribution is -0.143. The van der Waals surface area contributed by atoms with Crippen molar-refractivity contribution in [3.8, 4) is 0 Å². The number of esters is 1. The molecule has 1 aromatic rings. The minimum atomic E-state index is -0.777. The van der Waals surface area contributed by atoms with Gasteiger partial charge >= 0.3 is 5.97 Å². The maximum atomic E-state index is 11.8. The van der Waals surface area contributed by atoms with Crippen molar-refractivity contribution >= 4 is 47.0 Å². The Morgan fingerprint density at radius 1 is 1.32 bits per heavy atom. The van der Waals surface area contributed by atoms with Crippen LogP contribution in [0.1, 0.15) is 24.9 Å². The topological polar surface area (TPSA) is 103 Å². The molecule has 0 unspecified atom stereocenters. The highest BCUT2D eigenvalue weighted by molar-refractivity contribution is 6.59. The highest BCUT2D eigenvalue weighted by atomic mass is 35.5. The van der Waals surface area contributed by atoms with Crippen molar-refractivity contribution < 1.29 is 14.3 Å². The molecule has 1 aromatic carbocycles. The summed E-state index contributed by atoms with van der Waals surface area (Å²) in [5.41, 5.74) is -0.0151. The molecule has 118 valence electrons. The molecule has 0 aliphatic heterocycles. The summed E-state index contributed by atoms with van der Waals surface area (Å²) in [6.45, 7) is 1.89. The highest BCUT2D eigenvalue weighted by Gasteiger charge is 2.21. The summed E-state index contributed by atoms with van der Waals surface area (Å²) in [7, 11) is 0. The highest BCUT2D eigenvalue weighted by Crippen LogP contribution is 2.25. The van der Waals surface area contributed by atoms with Crippen molar-refractivity contribution in [2.75, 3.05) is 6.61 Å². The average molecular weight is 344 g/mol. The van der Waals surface area contributed by atoms with Gasteiger partial charge in [-0.15, -0.1) is 0 Å². The molecule has 0 aliphatic carbocycles. The van der Waals surface area contributed by atoms with E-state index in [2.05, 4.69) is 5.32 Å². The molecular weight excluding hydrogens is 329 g/mol. The second-order valence-corrected chi connectivity index (χ2v) is 5.17. The molecule has 6 nitrogen and oxygen atoms in total. The first-order chi connectivity index (χ1) is 10.4. The Bertz CT molecular complexity index is 585. The molecular formula is C14H15Cl2N3O3. The van der Waals surface area contributed by atoms with E-state index < -0.39 is 23.6 Å². The van der Waals surface area contributed by atoms with Gasteiger partial charge in [0.2, 0.25) is 0 Å². The zero-order chi connectivity index (χ0) is 16.7. The lowest BCUT2D eigenvalue weighted by Gasteiger charge is -2.18. The standard InChI is InChI=1S/C14H15Cl2N3O3/c1-2-22-13(20)6-12(19-14(21)11(18)7-17)8-3-9(15)5-10(16)4-8/h3-5,7,12,17-18H,2,6H2,1H3,(H,19,21)/t12-/m0/s1. The second-order valence-electron chi connectivity index (χ2n) is 4.30. The van der Waals surface area contributed by atoms with Crippen LogP contribution in [-0.4, -0.2) is 30.4 Å². The molecule has 0 radical (unpaired) electrons. The molecule has 0 bridgehead atoms. The molecule has 1 rings (SSSR count). The number of hydrogen-bond donors (Lipinski definition) is 3. The zero-order valence-electron chi connectivity index (χ0n) is 11.8. The summed E-state index contributed by atoms with van der Waals surface area (Å²) in [6.07, 6.45) is 0.475. The smallest absolute Gasteiger partial charge is 0.308 e. The second kappa shape index (κ2) is 8.51. The van der Waals surface area contributed by atoms with Crippen molar-refractivity contribution in [2.45, 2.75) is 19.4 Å². The van der Waals surface area contributed by atoms with Crippen molar-refractivity contribution in [3.63, 3.8) is 0 Å². The molecule has 8 heteroatoms. The Balaban J connectivity index is 3.04. The molecule has 0 aliphatic rings. The van der Waals surface area contributed by atoms with Gasteiger partial charge in [-0.25, -0.2) is 0 Å². The first-order valence-electron chi connectivity index (χ1n) is 6.38. The molecule has 1 atom stereocenters. The first-order valence-corrected chi connectivity index (χ1v) is 7.14. The molecule has 1 amide bonds. The third-order valence-electron chi connectivity index (χ3n) is 2.66. The van der Waals surface area contributed by atoms with E-state index in [0.717, 1.165) is 0 Å². The number of nitrogens with one attached hydrogen (secondary N) is 3. The van der Waals surface area contributed by atoms with Crippen LogP contribution in [-0.2, 0) is 14.3 Å². The van der Waals surface area contributed by atoms with Gasteiger partial charge < -0.3 is 15.5 Å². The van der Waals surface area contributed by atoms with Gasteiger partial charge in [-0.1, -0.05) is 23.2 Å². The van der Waals surface area contributed by atoms with Gasteiger partial charge in [-0.3, -0.25) is 15.0 Å². The molecule has 0 spiro atoms. The van der Waals surface area contributed by atoms with Crippen molar-refractivity contribution in [2.24, 2.45) is 0 Å². The largest absolute Gasteiger partial charge is 0.466 e. The number of halogens is 2. The zero-order valence-corrected chi connectivity index (χ0v) is 13.3. The fraction of sp³-hybridized carbons (Fsp3) is 0.286. The van der Waals surface area contributed by atoms with Crippen LogP contribution < -0.4 is 5.32 Å². The van der Waals surface area contributed by atoms with E-state index in [1.54, 1.807) is 19.1 Å². The Morgan fingerprint density at radius 2 is 1.91 bits per heavy atom. The van der Waals surface area contributed by atoms with E-state index in [0.29, 0.717) is 21.8 Å². The molecule has 0 heterocycles. The Hall–Kier alpha value is -1.92. The minimum Gasteiger partial charge on any atom is -0.466 e. The third kappa shape index (κ3) is 5.46. The quantitative estimate of drug-likeness (QED) is 0.523. The molecule has 3 N–H and O–H groups in total. The Morgan fingerprint density at radius 3 is 2.41 bits per heavy atom. The summed E-state index contributed by atoms with van der Waals surface area (Å²) in [6, 6.07) is 3.88. The van der Waals surface area contributed by atoms with Crippen molar-refractivity contribution in [1.82, 2.24) is 5.32 Å². The van der Waals surface area contributed by atoms with Crippen LogP contribution >= 0.6 is 23.2 Å². The van der Waals surface area contributed by atoms with Gasteiger partial charge in [0.05, 0.1) is 19.1 Å². The van der Waals surface area contributed by atoms with E-state index in [9.17, 15) is 9.59 Å². The normalized spacial score (nSPS) is 11.4. The van der Waals surface area contributed by atoms with Crippen LogP contribution in [0.3, 0.4) is 0 Å². The third-order valence-corrected chi connectivity index (χ3v) is 3.09. The van der Waals surface area contributed by atoms with Gasteiger partial charge in [0.25, 0.3) is 5.91 Å². The number of ether oxygens (including phenoxy) is 1. The van der Waals surface area contributed by atoms with Crippen LogP contribution in [0.4, 0.5) is 0 Å². The fourth-order valence-electron chi connectivity index (χ4n) is 1.72. The monoisotopic (exact) mass is 343 g/mol. The van der Waals surface area contributed by atoms with E-state index in [1.807, 2.05) is 0 Å². The summed E-state index contributed by atoms with van der Waals surface area (Å²) in [4.78, 5) is 23.4. The first kappa shape index (κ1) is 18.1. The molecule has 0 saturated heterocycles. The van der Waals surface area contributed by atoms with Crippen LogP contribution in [0.5, 0.6) is 0 Å². The van der Waals surface area contributed by atoms with Crippen LogP contribution in [0.15, 0.2) is 18.2 Å². The maximum absolute atomic E-state index is 11.8. The average Bonchev–Trinajstić information content (AvgIpc) is 2.44. The van der Waals surface area contributed by atoms with E-state index in [4.69, 9.17) is 38.8 Å². The van der Waals surface area contributed by atoms with Gasteiger partial charge in [-0.05, 0) is 30.7 Å². The maximum Gasteiger partial charge on any atom is 0.308 e. The number of hydrogen-bond acceptors (Lipinski definition) is 5. The number of amides is 1. The van der Waals surface area contributed by atoms with Gasteiger partial charge in [0.1, 0.15) is 5.71 Å².